The lowest BCUT2D eigenvalue weighted by Gasteiger charge is -2.21. The molecule has 0 bridgehead atoms. The molecule has 0 unspecified atom stereocenters. The highest BCUT2D eigenvalue weighted by atomic mass is 79.9. The predicted octanol–water partition coefficient (Wildman–Crippen LogP) is 2.66. The number of halogens is 1. The molecule has 1 aliphatic rings. The Morgan fingerprint density at radius 2 is 1.77 bits per heavy atom. The van der Waals surface area contributed by atoms with Crippen molar-refractivity contribution in [3.05, 3.63) is 34.3 Å². The van der Waals surface area contributed by atoms with E-state index >= 15 is 0 Å². The second kappa shape index (κ2) is 8.24. The van der Waals surface area contributed by atoms with Crippen molar-refractivity contribution in [1.82, 2.24) is 16.2 Å². The van der Waals surface area contributed by atoms with Crippen LogP contribution in [0.15, 0.2) is 28.7 Å². The van der Waals surface area contributed by atoms with Crippen LogP contribution in [0.25, 0.3) is 0 Å². The fourth-order valence-electron chi connectivity index (χ4n) is 2.43. The van der Waals surface area contributed by atoms with Crippen LogP contribution in [-0.2, 0) is 4.79 Å². The fraction of sp³-hybridized carbons (Fsp3) is 0.400. The molecule has 1 aromatic carbocycles. The summed E-state index contributed by atoms with van der Waals surface area (Å²) in [4.78, 5) is 24.0. The van der Waals surface area contributed by atoms with Gasteiger partial charge in [0.25, 0.3) is 5.91 Å². The molecule has 3 N–H and O–H groups in total. The minimum absolute atomic E-state index is 0.0306. The van der Waals surface area contributed by atoms with Crippen LogP contribution >= 0.6 is 28.1 Å². The smallest absolute Gasteiger partial charge is 0.258 e. The molecule has 0 heterocycles. The Kier molecular flexibility index (Phi) is 6.33. The highest BCUT2D eigenvalue weighted by Gasteiger charge is 2.21. The van der Waals surface area contributed by atoms with Crippen LogP contribution in [0.2, 0.25) is 0 Å². The van der Waals surface area contributed by atoms with E-state index in [1.54, 1.807) is 18.2 Å². The van der Waals surface area contributed by atoms with Crippen LogP contribution in [0.4, 0.5) is 0 Å². The summed E-state index contributed by atoms with van der Waals surface area (Å²) in [5.41, 5.74) is 5.63. The van der Waals surface area contributed by atoms with Crippen LogP contribution in [0.1, 0.15) is 42.5 Å². The number of thiocarbonyl (C=S) groups is 1. The molecule has 0 radical (unpaired) electrons. The van der Waals surface area contributed by atoms with Crippen molar-refractivity contribution in [2.24, 2.45) is 5.92 Å². The van der Waals surface area contributed by atoms with Gasteiger partial charge in [-0.15, -0.1) is 0 Å². The first-order valence-corrected chi connectivity index (χ1v) is 8.44. The van der Waals surface area contributed by atoms with Gasteiger partial charge in [-0.3, -0.25) is 25.8 Å². The van der Waals surface area contributed by atoms with Crippen LogP contribution < -0.4 is 16.2 Å². The van der Waals surface area contributed by atoms with E-state index in [0.29, 0.717) is 10.0 Å². The molecule has 1 fully saturated rings. The van der Waals surface area contributed by atoms with Gasteiger partial charge in [-0.2, -0.15) is 0 Å². The van der Waals surface area contributed by atoms with E-state index in [2.05, 4.69) is 32.1 Å². The van der Waals surface area contributed by atoms with Crippen molar-refractivity contribution in [3.63, 3.8) is 0 Å². The Morgan fingerprint density at radius 3 is 2.45 bits per heavy atom. The Hall–Kier alpha value is -1.47. The van der Waals surface area contributed by atoms with Gasteiger partial charge in [0, 0.05) is 10.4 Å². The summed E-state index contributed by atoms with van der Waals surface area (Å²) < 4.78 is 0.682. The van der Waals surface area contributed by atoms with Crippen molar-refractivity contribution in [1.29, 1.82) is 0 Å². The van der Waals surface area contributed by atoms with Crippen LogP contribution in [0.3, 0.4) is 0 Å². The van der Waals surface area contributed by atoms with Crippen molar-refractivity contribution >= 4 is 45.1 Å². The second-order valence-electron chi connectivity index (χ2n) is 5.21. The third-order valence-corrected chi connectivity index (χ3v) is 4.52. The lowest BCUT2D eigenvalue weighted by atomic mass is 9.89. The summed E-state index contributed by atoms with van der Waals surface area (Å²) in [6.07, 6.45) is 5.17. The molecule has 0 aromatic heterocycles. The normalized spacial score (nSPS) is 15.0. The largest absolute Gasteiger partial charge is 0.298 e. The van der Waals surface area contributed by atoms with Crippen LogP contribution in [0.5, 0.6) is 0 Å². The SMILES string of the molecule is O=C(NC(=S)NNC(=O)C1CCCCC1)c1ccccc1Br. The maximum absolute atomic E-state index is 12.0. The third kappa shape index (κ3) is 4.78. The zero-order valence-corrected chi connectivity index (χ0v) is 14.4. The van der Waals surface area contributed by atoms with Gasteiger partial charge >= 0.3 is 0 Å². The van der Waals surface area contributed by atoms with Crippen molar-refractivity contribution in [2.75, 3.05) is 0 Å². The molecule has 1 aromatic rings. The van der Waals surface area contributed by atoms with Gasteiger partial charge in [-0.25, -0.2) is 0 Å². The number of hydrogen-bond donors (Lipinski definition) is 3. The number of benzene rings is 1. The van der Waals surface area contributed by atoms with Crippen LogP contribution in [-0.4, -0.2) is 16.9 Å². The van der Waals surface area contributed by atoms with E-state index in [9.17, 15) is 9.59 Å². The molecule has 2 amide bonds. The zero-order valence-electron chi connectivity index (χ0n) is 12.0. The summed E-state index contributed by atoms with van der Waals surface area (Å²) in [6, 6.07) is 7.04. The molecule has 0 spiro atoms. The predicted molar refractivity (Wildman–Crippen MR) is 92.1 cm³/mol. The number of rotatable bonds is 2. The second-order valence-corrected chi connectivity index (χ2v) is 6.47. The summed E-state index contributed by atoms with van der Waals surface area (Å²) in [5, 5.41) is 2.61. The minimum Gasteiger partial charge on any atom is -0.298 e. The number of nitrogens with one attached hydrogen (secondary N) is 3. The molecule has 2 rings (SSSR count). The number of hydrazine groups is 1. The molecule has 118 valence electrons. The molecule has 0 atom stereocenters. The fourth-order valence-corrected chi connectivity index (χ4v) is 3.04. The quantitative estimate of drug-likeness (QED) is 0.542. The highest BCUT2D eigenvalue weighted by molar-refractivity contribution is 9.10. The maximum Gasteiger partial charge on any atom is 0.258 e. The summed E-state index contributed by atoms with van der Waals surface area (Å²) in [7, 11) is 0. The molecule has 5 nitrogen and oxygen atoms in total. The van der Waals surface area contributed by atoms with Crippen molar-refractivity contribution in [3.8, 4) is 0 Å². The van der Waals surface area contributed by atoms with Gasteiger partial charge in [0.2, 0.25) is 5.91 Å². The van der Waals surface area contributed by atoms with E-state index in [4.69, 9.17) is 12.2 Å². The average molecular weight is 384 g/mol. The molecule has 22 heavy (non-hydrogen) atoms. The Bertz CT molecular complexity index is 574. The molecule has 7 heteroatoms. The number of amides is 2. The van der Waals surface area contributed by atoms with E-state index < -0.39 is 0 Å². The molecule has 1 saturated carbocycles. The van der Waals surface area contributed by atoms with Gasteiger partial charge < -0.3 is 0 Å². The summed E-state index contributed by atoms with van der Waals surface area (Å²) in [6.45, 7) is 0. The maximum atomic E-state index is 12.0. The summed E-state index contributed by atoms with van der Waals surface area (Å²) >= 11 is 8.33. The molecule has 1 aliphatic carbocycles. The van der Waals surface area contributed by atoms with Crippen molar-refractivity contribution < 1.29 is 9.59 Å². The number of hydrogen-bond acceptors (Lipinski definition) is 3. The first-order chi connectivity index (χ1) is 10.6. The summed E-state index contributed by atoms with van der Waals surface area (Å²) in [5.74, 6) is -0.378. The topological polar surface area (TPSA) is 70.2 Å². The monoisotopic (exact) mass is 383 g/mol. The average Bonchev–Trinajstić information content (AvgIpc) is 2.53. The molecular weight excluding hydrogens is 366 g/mol. The van der Waals surface area contributed by atoms with E-state index in [-0.39, 0.29) is 22.8 Å². The zero-order chi connectivity index (χ0) is 15.9. The van der Waals surface area contributed by atoms with Crippen LogP contribution in [0, 0.1) is 5.92 Å². The number of carbonyl (C=O) groups excluding carboxylic acids is 2. The third-order valence-electron chi connectivity index (χ3n) is 3.62. The molecular formula is C15H18BrN3O2S. The highest BCUT2D eigenvalue weighted by Crippen LogP contribution is 2.23. The van der Waals surface area contributed by atoms with Gasteiger partial charge in [0.1, 0.15) is 0 Å². The van der Waals surface area contributed by atoms with Gasteiger partial charge in [0.05, 0.1) is 5.56 Å². The number of carbonyl (C=O) groups is 2. The molecule has 0 saturated heterocycles. The van der Waals surface area contributed by atoms with Gasteiger partial charge in [-0.1, -0.05) is 31.4 Å². The lowest BCUT2D eigenvalue weighted by Crippen LogP contribution is -2.50. The van der Waals surface area contributed by atoms with Gasteiger partial charge in [0.15, 0.2) is 5.11 Å². The van der Waals surface area contributed by atoms with E-state index in [0.717, 1.165) is 25.7 Å². The molecule has 0 aliphatic heterocycles. The Morgan fingerprint density at radius 1 is 1.09 bits per heavy atom. The first kappa shape index (κ1) is 16.9. The van der Waals surface area contributed by atoms with E-state index in [1.807, 2.05) is 6.07 Å². The van der Waals surface area contributed by atoms with Gasteiger partial charge in [-0.05, 0) is 53.1 Å². The Balaban J connectivity index is 1.79. The van der Waals surface area contributed by atoms with Crippen molar-refractivity contribution in [2.45, 2.75) is 32.1 Å². The first-order valence-electron chi connectivity index (χ1n) is 7.23. The minimum atomic E-state index is -0.336. The Labute approximate surface area is 143 Å². The lowest BCUT2D eigenvalue weighted by molar-refractivity contribution is -0.126. The van der Waals surface area contributed by atoms with E-state index in [1.165, 1.54) is 6.42 Å². The standard InChI is InChI=1S/C15H18BrN3O2S/c16-12-9-5-4-8-11(12)14(21)17-15(22)19-18-13(20)10-6-2-1-3-7-10/h4-5,8-10H,1-3,6-7H2,(H,18,20)(H2,17,19,21,22).